The van der Waals surface area contributed by atoms with Gasteiger partial charge in [-0.15, -0.1) is 0 Å². The summed E-state index contributed by atoms with van der Waals surface area (Å²) in [4.78, 5) is 39.9. The summed E-state index contributed by atoms with van der Waals surface area (Å²) in [7, 11) is 0. The minimum absolute atomic E-state index is 0.00970. The van der Waals surface area contributed by atoms with Crippen LogP contribution in [0.2, 0.25) is 0 Å². The molecule has 0 atom stereocenters. The lowest BCUT2D eigenvalue weighted by Crippen LogP contribution is -2.19. The van der Waals surface area contributed by atoms with E-state index in [-0.39, 0.29) is 45.2 Å². The van der Waals surface area contributed by atoms with E-state index in [2.05, 4.69) is 4.98 Å². The number of aromatic nitrogens is 1. The van der Waals surface area contributed by atoms with E-state index in [4.69, 9.17) is 5.73 Å². The maximum Gasteiger partial charge on any atom is 0.249 e. The summed E-state index contributed by atoms with van der Waals surface area (Å²) in [5.41, 5.74) is 6.44. The second-order valence-electron chi connectivity index (χ2n) is 5.71. The lowest BCUT2D eigenvalue weighted by Gasteiger charge is -2.13. The molecule has 25 heavy (non-hydrogen) atoms. The Morgan fingerprint density at radius 2 is 1.40 bits per heavy atom. The molecule has 0 fully saturated rings. The summed E-state index contributed by atoms with van der Waals surface area (Å²) in [6, 6.07) is 12.8. The molecule has 6 heteroatoms. The molecule has 0 aliphatic heterocycles. The molecule has 0 bridgehead atoms. The van der Waals surface area contributed by atoms with Gasteiger partial charge in [-0.3, -0.25) is 14.4 Å². The Labute approximate surface area is 141 Å². The van der Waals surface area contributed by atoms with Gasteiger partial charge in [-0.2, -0.15) is 0 Å². The van der Waals surface area contributed by atoms with Crippen LogP contribution in [0.5, 0.6) is 5.75 Å². The second kappa shape index (κ2) is 5.17. The van der Waals surface area contributed by atoms with Crippen molar-refractivity contribution < 1.29 is 19.5 Å². The number of nitrogens with two attached hydrogens (primary N) is 1. The number of hydrogen-bond acceptors (Lipinski definition) is 4. The van der Waals surface area contributed by atoms with Crippen molar-refractivity contribution in [1.29, 1.82) is 0 Å². The predicted molar refractivity (Wildman–Crippen MR) is 89.7 cm³/mol. The highest BCUT2D eigenvalue weighted by Crippen LogP contribution is 2.40. The smallest absolute Gasteiger partial charge is 0.249 e. The first-order chi connectivity index (χ1) is 12.0. The largest absolute Gasteiger partial charge is 0.505 e. The van der Waals surface area contributed by atoms with Crippen molar-refractivity contribution in [3.63, 3.8) is 0 Å². The van der Waals surface area contributed by atoms with Crippen LogP contribution < -0.4 is 5.73 Å². The molecule has 0 spiro atoms. The molecule has 1 amide bonds. The lowest BCUT2D eigenvalue weighted by atomic mass is 9.87. The normalized spacial score (nSPS) is 12.6. The SMILES string of the molecule is NC(=O)c1ccccc1-c1[nH]c2c(c1O)C(=O)c1ccccc1C2=O. The molecule has 0 saturated carbocycles. The topological polar surface area (TPSA) is 113 Å². The van der Waals surface area contributed by atoms with Crippen LogP contribution in [0, 0.1) is 0 Å². The molecule has 0 unspecified atom stereocenters. The highest BCUT2D eigenvalue weighted by Gasteiger charge is 2.35. The van der Waals surface area contributed by atoms with Gasteiger partial charge in [0.2, 0.25) is 11.7 Å². The van der Waals surface area contributed by atoms with Gasteiger partial charge in [0, 0.05) is 22.3 Å². The Hall–Kier alpha value is -3.67. The van der Waals surface area contributed by atoms with Crippen molar-refractivity contribution >= 4 is 17.5 Å². The predicted octanol–water partition coefficient (Wildman–Crippen LogP) is 2.26. The number of aromatic hydroxyl groups is 1. The maximum absolute atomic E-state index is 12.7. The summed E-state index contributed by atoms with van der Waals surface area (Å²) in [6.45, 7) is 0. The zero-order chi connectivity index (χ0) is 17.7. The Balaban J connectivity index is 1.99. The Morgan fingerprint density at radius 1 is 0.840 bits per heavy atom. The van der Waals surface area contributed by atoms with Gasteiger partial charge in [-0.25, -0.2) is 0 Å². The molecule has 1 aliphatic carbocycles. The Kier molecular flexibility index (Phi) is 3.08. The Bertz CT molecular complexity index is 1080. The molecule has 1 aromatic heterocycles. The first-order valence-electron chi connectivity index (χ1n) is 7.53. The van der Waals surface area contributed by atoms with E-state index in [0.29, 0.717) is 5.56 Å². The van der Waals surface area contributed by atoms with Gasteiger partial charge < -0.3 is 15.8 Å². The minimum Gasteiger partial charge on any atom is -0.505 e. The summed E-state index contributed by atoms with van der Waals surface area (Å²) in [6.07, 6.45) is 0. The van der Waals surface area contributed by atoms with Crippen molar-refractivity contribution in [2.75, 3.05) is 0 Å². The van der Waals surface area contributed by atoms with Crippen molar-refractivity contribution in [1.82, 2.24) is 4.98 Å². The molecule has 3 aromatic rings. The highest BCUT2D eigenvalue weighted by molar-refractivity contribution is 6.29. The van der Waals surface area contributed by atoms with E-state index in [0.717, 1.165) is 0 Å². The van der Waals surface area contributed by atoms with Gasteiger partial charge in [0.15, 0.2) is 11.5 Å². The van der Waals surface area contributed by atoms with Gasteiger partial charge in [0.05, 0.1) is 11.3 Å². The molecule has 0 saturated heterocycles. The summed E-state index contributed by atoms with van der Waals surface area (Å²) in [5.74, 6) is -1.87. The number of carbonyl (C=O) groups excluding carboxylic acids is 3. The van der Waals surface area contributed by atoms with Crippen LogP contribution in [0.3, 0.4) is 0 Å². The van der Waals surface area contributed by atoms with E-state index in [1.54, 1.807) is 42.5 Å². The second-order valence-corrected chi connectivity index (χ2v) is 5.71. The highest BCUT2D eigenvalue weighted by atomic mass is 16.3. The Morgan fingerprint density at radius 3 is 2.04 bits per heavy atom. The third-order valence-corrected chi connectivity index (χ3v) is 4.31. The fourth-order valence-corrected chi connectivity index (χ4v) is 3.14. The standard InChI is InChI=1S/C19H12N2O4/c20-19(25)12-8-4-1-5-9(12)14-18(24)13-15(21-14)17(23)11-7-3-2-6-10(11)16(13)22/h1-8,21,24H,(H2,20,25). The van der Waals surface area contributed by atoms with Crippen molar-refractivity contribution in [3.8, 4) is 17.0 Å². The third kappa shape index (κ3) is 2.01. The number of benzene rings is 2. The number of carbonyl (C=O) groups is 3. The van der Waals surface area contributed by atoms with E-state index in [9.17, 15) is 19.5 Å². The van der Waals surface area contributed by atoms with Crippen LogP contribution in [0.4, 0.5) is 0 Å². The average Bonchev–Trinajstić information content (AvgIpc) is 2.97. The molecule has 122 valence electrons. The molecule has 1 aliphatic rings. The lowest BCUT2D eigenvalue weighted by molar-refractivity contribution is 0.0975. The van der Waals surface area contributed by atoms with Crippen LogP contribution in [0.1, 0.15) is 42.3 Å². The van der Waals surface area contributed by atoms with Gasteiger partial charge in [-0.05, 0) is 6.07 Å². The number of amides is 1. The minimum atomic E-state index is -0.677. The van der Waals surface area contributed by atoms with E-state index < -0.39 is 11.7 Å². The number of H-pyrrole nitrogens is 1. The van der Waals surface area contributed by atoms with Gasteiger partial charge >= 0.3 is 0 Å². The zero-order valence-corrected chi connectivity index (χ0v) is 12.9. The van der Waals surface area contributed by atoms with Crippen LogP contribution in [-0.4, -0.2) is 27.6 Å². The molecular weight excluding hydrogens is 320 g/mol. The fraction of sp³-hybridized carbons (Fsp3) is 0. The molecule has 0 radical (unpaired) electrons. The zero-order valence-electron chi connectivity index (χ0n) is 12.9. The molecule has 2 aromatic carbocycles. The van der Waals surface area contributed by atoms with Crippen molar-refractivity contribution in [2.45, 2.75) is 0 Å². The summed E-state index contributed by atoms with van der Waals surface area (Å²) in [5, 5.41) is 10.6. The fourth-order valence-electron chi connectivity index (χ4n) is 3.14. The van der Waals surface area contributed by atoms with E-state index in [1.165, 1.54) is 6.07 Å². The van der Waals surface area contributed by atoms with E-state index >= 15 is 0 Å². The average molecular weight is 332 g/mol. The number of rotatable bonds is 2. The van der Waals surface area contributed by atoms with Crippen LogP contribution >= 0.6 is 0 Å². The number of aromatic amines is 1. The van der Waals surface area contributed by atoms with Gasteiger partial charge in [-0.1, -0.05) is 42.5 Å². The number of nitrogens with one attached hydrogen (secondary N) is 1. The monoisotopic (exact) mass is 332 g/mol. The van der Waals surface area contributed by atoms with Crippen LogP contribution in [-0.2, 0) is 0 Å². The first-order valence-corrected chi connectivity index (χ1v) is 7.53. The number of primary amides is 1. The van der Waals surface area contributed by atoms with Crippen LogP contribution in [0.15, 0.2) is 48.5 Å². The van der Waals surface area contributed by atoms with Gasteiger partial charge in [0.1, 0.15) is 5.69 Å². The molecule has 4 N–H and O–H groups in total. The quantitative estimate of drug-likeness (QED) is 0.522. The molecule has 6 nitrogen and oxygen atoms in total. The molecule has 4 rings (SSSR count). The van der Waals surface area contributed by atoms with Crippen LogP contribution in [0.25, 0.3) is 11.3 Å². The third-order valence-electron chi connectivity index (χ3n) is 4.31. The number of hydrogen-bond donors (Lipinski definition) is 3. The van der Waals surface area contributed by atoms with Crippen molar-refractivity contribution in [3.05, 3.63) is 76.5 Å². The first kappa shape index (κ1) is 14.9. The van der Waals surface area contributed by atoms with Gasteiger partial charge in [0.25, 0.3) is 0 Å². The number of fused-ring (bicyclic) bond motifs is 2. The number of ketones is 2. The van der Waals surface area contributed by atoms with Crippen molar-refractivity contribution in [2.24, 2.45) is 5.73 Å². The van der Waals surface area contributed by atoms with E-state index in [1.807, 2.05) is 0 Å². The maximum atomic E-state index is 12.7. The summed E-state index contributed by atoms with van der Waals surface area (Å²) < 4.78 is 0. The molecule has 1 heterocycles. The molecular formula is C19H12N2O4. The summed E-state index contributed by atoms with van der Waals surface area (Å²) >= 11 is 0.